The lowest BCUT2D eigenvalue weighted by molar-refractivity contribution is 0.428. The Bertz CT molecular complexity index is 470. The van der Waals surface area contributed by atoms with Crippen LogP contribution in [0.2, 0.25) is 0 Å². The standard InChI is InChI=1S/C11H20ClN3O2S/c1-10(2)4-6-14(3)18(16,17)11-8-13-15(9-11)7-5-12/h8-10H,4-7H2,1-3H3. The van der Waals surface area contributed by atoms with Gasteiger partial charge in [-0.15, -0.1) is 11.6 Å². The van der Waals surface area contributed by atoms with Gasteiger partial charge in [0.15, 0.2) is 0 Å². The van der Waals surface area contributed by atoms with Crippen molar-refractivity contribution in [3.8, 4) is 0 Å². The number of hydrogen-bond donors (Lipinski definition) is 0. The normalized spacial score (nSPS) is 12.6. The Kier molecular flexibility index (Phi) is 5.62. The van der Waals surface area contributed by atoms with E-state index in [9.17, 15) is 8.42 Å². The van der Waals surface area contributed by atoms with Gasteiger partial charge in [0.1, 0.15) is 4.90 Å². The number of halogens is 1. The number of sulfonamides is 1. The Balaban J connectivity index is 2.77. The van der Waals surface area contributed by atoms with E-state index in [1.54, 1.807) is 7.05 Å². The van der Waals surface area contributed by atoms with Gasteiger partial charge in [-0.2, -0.15) is 5.10 Å². The first-order valence-electron chi connectivity index (χ1n) is 5.92. The van der Waals surface area contributed by atoms with Gasteiger partial charge >= 0.3 is 0 Å². The molecule has 1 heterocycles. The molecule has 1 aromatic heterocycles. The molecule has 1 aromatic rings. The van der Waals surface area contributed by atoms with Crippen molar-refractivity contribution in [1.82, 2.24) is 14.1 Å². The van der Waals surface area contributed by atoms with E-state index in [1.165, 1.54) is 21.4 Å². The van der Waals surface area contributed by atoms with Crippen LogP contribution >= 0.6 is 11.6 Å². The molecular weight excluding hydrogens is 274 g/mol. The third kappa shape index (κ3) is 3.96. The third-order valence-electron chi connectivity index (χ3n) is 2.65. The van der Waals surface area contributed by atoms with Crippen LogP contribution < -0.4 is 0 Å². The second kappa shape index (κ2) is 6.54. The first-order valence-corrected chi connectivity index (χ1v) is 7.90. The summed E-state index contributed by atoms with van der Waals surface area (Å²) in [6, 6.07) is 0. The number of aryl methyl sites for hydroxylation is 1. The minimum absolute atomic E-state index is 0.221. The van der Waals surface area contributed by atoms with Crippen molar-refractivity contribution in [1.29, 1.82) is 0 Å². The van der Waals surface area contributed by atoms with Crippen LogP contribution in [0.5, 0.6) is 0 Å². The Morgan fingerprint density at radius 2 is 2.17 bits per heavy atom. The van der Waals surface area contributed by atoms with Gasteiger partial charge < -0.3 is 0 Å². The lowest BCUT2D eigenvalue weighted by Crippen LogP contribution is -2.28. The first kappa shape index (κ1) is 15.5. The largest absolute Gasteiger partial charge is 0.270 e. The predicted molar refractivity (Wildman–Crippen MR) is 72.2 cm³/mol. The zero-order chi connectivity index (χ0) is 13.8. The maximum absolute atomic E-state index is 12.2. The molecule has 5 nitrogen and oxygen atoms in total. The van der Waals surface area contributed by atoms with Gasteiger partial charge in [0.05, 0.1) is 12.7 Å². The minimum atomic E-state index is -3.43. The molecule has 104 valence electrons. The summed E-state index contributed by atoms with van der Waals surface area (Å²) in [6.07, 6.45) is 3.73. The summed E-state index contributed by atoms with van der Waals surface area (Å²) >= 11 is 5.59. The van der Waals surface area contributed by atoms with Crippen molar-refractivity contribution >= 4 is 21.6 Å². The van der Waals surface area contributed by atoms with Crippen LogP contribution in [-0.4, -0.2) is 42.0 Å². The number of alkyl halides is 1. The predicted octanol–water partition coefficient (Wildman–Crippen LogP) is 1.79. The highest BCUT2D eigenvalue weighted by Gasteiger charge is 2.22. The fraction of sp³-hybridized carbons (Fsp3) is 0.727. The molecule has 0 radical (unpaired) electrons. The van der Waals surface area contributed by atoms with E-state index in [-0.39, 0.29) is 4.90 Å². The molecule has 0 fully saturated rings. The van der Waals surface area contributed by atoms with Crippen molar-refractivity contribution in [3.63, 3.8) is 0 Å². The molecule has 0 saturated carbocycles. The second-order valence-electron chi connectivity index (χ2n) is 4.64. The van der Waals surface area contributed by atoms with Crippen molar-refractivity contribution in [2.24, 2.45) is 5.92 Å². The Labute approximate surface area is 114 Å². The smallest absolute Gasteiger partial charge is 0.245 e. The Hall–Kier alpha value is -0.590. The van der Waals surface area contributed by atoms with Gasteiger partial charge in [-0.25, -0.2) is 12.7 Å². The topological polar surface area (TPSA) is 55.2 Å². The van der Waals surface area contributed by atoms with E-state index in [2.05, 4.69) is 18.9 Å². The van der Waals surface area contributed by atoms with Gasteiger partial charge in [0, 0.05) is 25.7 Å². The molecule has 0 aliphatic rings. The molecule has 7 heteroatoms. The van der Waals surface area contributed by atoms with Crippen molar-refractivity contribution < 1.29 is 8.42 Å². The molecule has 0 aromatic carbocycles. The van der Waals surface area contributed by atoms with Crippen LogP contribution in [0.3, 0.4) is 0 Å². The molecule has 0 aliphatic carbocycles. The quantitative estimate of drug-likeness (QED) is 0.720. The summed E-state index contributed by atoms with van der Waals surface area (Å²) in [7, 11) is -1.83. The van der Waals surface area contributed by atoms with E-state index in [0.29, 0.717) is 24.9 Å². The minimum Gasteiger partial charge on any atom is -0.270 e. The maximum atomic E-state index is 12.2. The van der Waals surface area contributed by atoms with Crippen LogP contribution in [0.4, 0.5) is 0 Å². The fourth-order valence-electron chi connectivity index (χ4n) is 1.43. The summed E-state index contributed by atoms with van der Waals surface area (Å²) in [6.45, 7) is 5.16. The molecule has 0 saturated heterocycles. The van der Waals surface area contributed by atoms with Gasteiger partial charge in [-0.1, -0.05) is 13.8 Å². The van der Waals surface area contributed by atoms with Crippen molar-refractivity contribution in [2.45, 2.75) is 31.7 Å². The maximum Gasteiger partial charge on any atom is 0.245 e. The molecule has 0 N–H and O–H groups in total. The van der Waals surface area contributed by atoms with Crippen LogP contribution in [-0.2, 0) is 16.6 Å². The first-order chi connectivity index (χ1) is 8.37. The van der Waals surface area contributed by atoms with Crippen LogP contribution in [0, 0.1) is 5.92 Å². The zero-order valence-electron chi connectivity index (χ0n) is 11.0. The summed E-state index contributed by atoms with van der Waals surface area (Å²) in [5.74, 6) is 0.881. The number of aromatic nitrogens is 2. The lowest BCUT2D eigenvalue weighted by atomic mass is 10.1. The molecule has 0 aliphatic heterocycles. The molecule has 0 spiro atoms. The van der Waals surface area contributed by atoms with E-state index in [4.69, 9.17) is 11.6 Å². The Morgan fingerprint density at radius 3 is 2.72 bits per heavy atom. The number of nitrogens with zero attached hydrogens (tertiary/aromatic N) is 3. The van der Waals surface area contributed by atoms with Gasteiger partial charge in [0.25, 0.3) is 0 Å². The highest BCUT2D eigenvalue weighted by Crippen LogP contribution is 2.14. The van der Waals surface area contributed by atoms with Gasteiger partial charge in [0.2, 0.25) is 10.0 Å². The summed E-state index contributed by atoms with van der Waals surface area (Å²) < 4.78 is 27.3. The molecular formula is C11H20ClN3O2S. The van der Waals surface area contributed by atoms with E-state index in [0.717, 1.165) is 6.42 Å². The van der Waals surface area contributed by atoms with Crippen LogP contribution in [0.1, 0.15) is 20.3 Å². The van der Waals surface area contributed by atoms with Gasteiger partial charge in [-0.3, -0.25) is 4.68 Å². The van der Waals surface area contributed by atoms with Crippen LogP contribution in [0.25, 0.3) is 0 Å². The van der Waals surface area contributed by atoms with Crippen molar-refractivity contribution in [2.75, 3.05) is 19.5 Å². The summed E-state index contributed by atoms with van der Waals surface area (Å²) in [5, 5.41) is 3.98. The highest BCUT2D eigenvalue weighted by atomic mass is 35.5. The van der Waals surface area contributed by atoms with E-state index in [1.807, 2.05) is 0 Å². The van der Waals surface area contributed by atoms with Crippen LogP contribution in [0.15, 0.2) is 17.3 Å². The second-order valence-corrected chi connectivity index (χ2v) is 7.06. The highest BCUT2D eigenvalue weighted by molar-refractivity contribution is 7.89. The zero-order valence-corrected chi connectivity index (χ0v) is 12.6. The van der Waals surface area contributed by atoms with Crippen molar-refractivity contribution in [3.05, 3.63) is 12.4 Å². The SMILES string of the molecule is CC(C)CCN(C)S(=O)(=O)c1cnn(CCCl)c1. The molecule has 0 amide bonds. The lowest BCUT2D eigenvalue weighted by Gasteiger charge is -2.16. The van der Waals surface area contributed by atoms with E-state index < -0.39 is 10.0 Å². The molecule has 1 rings (SSSR count). The third-order valence-corrected chi connectivity index (χ3v) is 4.63. The van der Waals surface area contributed by atoms with Gasteiger partial charge in [-0.05, 0) is 12.3 Å². The monoisotopic (exact) mass is 293 g/mol. The molecule has 0 atom stereocenters. The average molecular weight is 294 g/mol. The van der Waals surface area contributed by atoms with E-state index >= 15 is 0 Å². The summed E-state index contributed by atoms with van der Waals surface area (Å²) in [4.78, 5) is 0.221. The average Bonchev–Trinajstić information content (AvgIpc) is 2.75. The fourth-order valence-corrected chi connectivity index (χ4v) is 2.74. The molecule has 18 heavy (non-hydrogen) atoms. The summed E-state index contributed by atoms with van der Waals surface area (Å²) in [5.41, 5.74) is 0. The molecule has 0 unspecified atom stereocenters. The molecule has 0 bridgehead atoms. The number of rotatable bonds is 7. The number of hydrogen-bond acceptors (Lipinski definition) is 3. The Morgan fingerprint density at radius 1 is 1.50 bits per heavy atom.